The third-order valence-corrected chi connectivity index (χ3v) is 2.08. The Bertz CT molecular complexity index is 336. The van der Waals surface area contributed by atoms with E-state index < -0.39 is 0 Å². The third-order valence-electron chi connectivity index (χ3n) is 2.08. The van der Waals surface area contributed by atoms with Gasteiger partial charge in [-0.1, -0.05) is 20.8 Å². The van der Waals surface area contributed by atoms with Crippen molar-refractivity contribution in [1.29, 1.82) is 0 Å². The number of hydrogen-bond acceptors (Lipinski definition) is 3. The van der Waals surface area contributed by atoms with Crippen LogP contribution in [-0.2, 0) is 17.8 Å². The average molecular weight is 209 g/mol. The highest BCUT2D eigenvalue weighted by molar-refractivity contribution is 5.80. The number of carbonyl (C=O) groups excluding carboxylic acids is 1. The minimum Gasteiger partial charge on any atom is -0.299 e. The van der Waals surface area contributed by atoms with E-state index in [2.05, 4.69) is 30.9 Å². The highest BCUT2D eigenvalue weighted by Crippen LogP contribution is 2.19. The van der Waals surface area contributed by atoms with Gasteiger partial charge >= 0.3 is 0 Å². The van der Waals surface area contributed by atoms with Gasteiger partial charge in [0.1, 0.15) is 17.9 Å². The molecule has 4 heteroatoms. The number of carbonyl (C=O) groups is 1. The Kier molecular flexibility index (Phi) is 3.61. The molecule has 0 fully saturated rings. The second kappa shape index (κ2) is 4.55. The van der Waals surface area contributed by atoms with Crippen molar-refractivity contribution in [2.75, 3.05) is 0 Å². The Morgan fingerprint density at radius 1 is 1.47 bits per heavy atom. The molecule has 0 saturated carbocycles. The van der Waals surface area contributed by atoms with E-state index in [0.717, 1.165) is 12.4 Å². The van der Waals surface area contributed by atoms with Crippen LogP contribution in [0.25, 0.3) is 0 Å². The molecule has 0 aliphatic heterocycles. The predicted octanol–water partition coefficient (Wildman–Crippen LogP) is 1.85. The topological polar surface area (TPSA) is 47.8 Å². The summed E-state index contributed by atoms with van der Waals surface area (Å²) in [7, 11) is 0. The van der Waals surface area contributed by atoms with Gasteiger partial charge < -0.3 is 0 Å². The van der Waals surface area contributed by atoms with E-state index in [0.29, 0.717) is 12.8 Å². The lowest BCUT2D eigenvalue weighted by atomic mass is 9.89. The summed E-state index contributed by atoms with van der Waals surface area (Å²) in [6.07, 6.45) is 2.48. The summed E-state index contributed by atoms with van der Waals surface area (Å²) in [6, 6.07) is 0. The lowest BCUT2D eigenvalue weighted by Crippen LogP contribution is -2.17. The van der Waals surface area contributed by atoms with E-state index in [-0.39, 0.29) is 11.2 Å². The van der Waals surface area contributed by atoms with Gasteiger partial charge in [-0.05, 0) is 12.3 Å². The summed E-state index contributed by atoms with van der Waals surface area (Å²) >= 11 is 0. The molecule has 4 nitrogen and oxygen atoms in total. The van der Waals surface area contributed by atoms with Crippen molar-refractivity contribution >= 4 is 5.78 Å². The normalized spacial score (nSPS) is 11.7. The lowest BCUT2D eigenvalue weighted by Gasteiger charge is -2.16. The summed E-state index contributed by atoms with van der Waals surface area (Å²) in [5.41, 5.74) is 0.0498. The zero-order valence-electron chi connectivity index (χ0n) is 9.95. The summed E-state index contributed by atoms with van der Waals surface area (Å²) in [5, 5.41) is 4.04. The van der Waals surface area contributed by atoms with Crippen LogP contribution in [0, 0.1) is 5.41 Å². The van der Waals surface area contributed by atoms with Gasteiger partial charge in [-0.3, -0.25) is 4.79 Å². The predicted molar refractivity (Wildman–Crippen MR) is 58.5 cm³/mol. The molecular weight excluding hydrogens is 190 g/mol. The van der Waals surface area contributed by atoms with Crippen LogP contribution in [0.15, 0.2) is 6.33 Å². The molecule has 0 spiro atoms. The maximum atomic E-state index is 11.7. The summed E-state index contributed by atoms with van der Waals surface area (Å²) in [5.74, 6) is 0.997. The van der Waals surface area contributed by atoms with E-state index >= 15 is 0 Å². The summed E-state index contributed by atoms with van der Waals surface area (Å²) in [6.45, 7) is 8.95. The molecule has 0 bridgehead atoms. The molecule has 0 aliphatic carbocycles. The second-order valence-corrected chi connectivity index (χ2v) is 4.94. The van der Waals surface area contributed by atoms with Crippen molar-refractivity contribution in [1.82, 2.24) is 14.8 Å². The third kappa shape index (κ3) is 3.81. The van der Waals surface area contributed by atoms with Crippen LogP contribution in [-0.4, -0.2) is 20.5 Å². The first kappa shape index (κ1) is 11.9. The number of ketones is 1. The van der Waals surface area contributed by atoms with Crippen LogP contribution in [0.1, 0.15) is 39.9 Å². The molecule has 1 aromatic heterocycles. The molecule has 0 unspecified atom stereocenters. The molecule has 0 radical (unpaired) electrons. The van der Waals surface area contributed by atoms with Crippen LogP contribution < -0.4 is 0 Å². The van der Waals surface area contributed by atoms with Crippen molar-refractivity contribution in [3.63, 3.8) is 0 Å². The average Bonchev–Trinajstić information content (AvgIpc) is 2.48. The van der Waals surface area contributed by atoms with Crippen LogP contribution >= 0.6 is 0 Å². The number of aromatic nitrogens is 3. The number of nitrogens with zero attached hydrogens (tertiary/aromatic N) is 3. The number of hydrogen-bond donors (Lipinski definition) is 0. The fraction of sp³-hybridized carbons (Fsp3) is 0.727. The molecule has 0 saturated heterocycles. The zero-order valence-corrected chi connectivity index (χ0v) is 9.95. The SMILES string of the molecule is CCn1ncnc1CC(=O)CC(C)(C)C. The Balaban J connectivity index is 2.59. The van der Waals surface area contributed by atoms with Crippen molar-refractivity contribution in [3.8, 4) is 0 Å². The minimum absolute atomic E-state index is 0.0498. The van der Waals surface area contributed by atoms with Gasteiger partial charge in [0.25, 0.3) is 0 Å². The lowest BCUT2D eigenvalue weighted by molar-refractivity contribution is -0.120. The molecule has 0 aromatic carbocycles. The van der Waals surface area contributed by atoms with Gasteiger partial charge in [0.05, 0.1) is 6.42 Å². The zero-order chi connectivity index (χ0) is 11.5. The van der Waals surface area contributed by atoms with Gasteiger partial charge in [0.2, 0.25) is 0 Å². The molecule has 84 valence electrons. The first-order valence-corrected chi connectivity index (χ1v) is 5.31. The smallest absolute Gasteiger partial charge is 0.140 e. The van der Waals surface area contributed by atoms with Crippen LogP contribution in [0.2, 0.25) is 0 Å². The molecule has 0 aliphatic rings. The van der Waals surface area contributed by atoms with Crippen molar-refractivity contribution in [3.05, 3.63) is 12.2 Å². The molecule has 0 N–H and O–H groups in total. The fourth-order valence-corrected chi connectivity index (χ4v) is 1.52. The van der Waals surface area contributed by atoms with Crippen LogP contribution in [0.5, 0.6) is 0 Å². The minimum atomic E-state index is 0.0498. The van der Waals surface area contributed by atoms with E-state index in [9.17, 15) is 4.79 Å². The quantitative estimate of drug-likeness (QED) is 0.760. The van der Waals surface area contributed by atoms with Gasteiger partial charge in [0, 0.05) is 13.0 Å². The highest BCUT2D eigenvalue weighted by atomic mass is 16.1. The Hall–Kier alpha value is -1.19. The first-order chi connectivity index (χ1) is 6.92. The summed E-state index contributed by atoms with van der Waals surface area (Å²) < 4.78 is 1.76. The molecule has 1 rings (SSSR count). The molecular formula is C11H19N3O. The number of Topliss-reactive ketones (excluding diaryl/α,β-unsaturated/α-hetero) is 1. The van der Waals surface area contributed by atoms with Gasteiger partial charge in [-0.25, -0.2) is 9.67 Å². The molecule has 15 heavy (non-hydrogen) atoms. The fourth-order valence-electron chi connectivity index (χ4n) is 1.52. The highest BCUT2D eigenvalue weighted by Gasteiger charge is 2.17. The van der Waals surface area contributed by atoms with Gasteiger partial charge in [-0.15, -0.1) is 0 Å². The van der Waals surface area contributed by atoms with E-state index in [1.165, 1.54) is 6.33 Å². The molecule has 1 aromatic rings. The maximum absolute atomic E-state index is 11.7. The Labute approximate surface area is 90.7 Å². The van der Waals surface area contributed by atoms with Crippen LogP contribution in [0.4, 0.5) is 0 Å². The second-order valence-electron chi connectivity index (χ2n) is 4.94. The Morgan fingerprint density at radius 2 is 2.13 bits per heavy atom. The number of rotatable bonds is 4. The summed E-state index contributed by atoms with van der Waals surface area (Å²) in [4.78, 5) is 15.8. The van der Waals surface area contributed by atoms with Crippen molar-refractivity contribution in [2.24, 2.45) is 5.41 Å². The molecule has 1 heterocycles. The van der Waals surface area contributed by atoms with Crippen LogP contribution in [0.3, 0.4) is 0 Å². The molecule has 0 atom stereocenters. The number of aryl methyl sites for hydroxylation is 1. The van der Waals surface area contributed by atoms with E-state index in [1.54, 1.807) is 4.68 Å². The largest absolute Gasteiger partial charge is 0.299 e. The Morgan fingerprint density at radius 3 is 2.67 bits per heavy atom. The maximum Gasteiger partial charge on any atom is 0.140 e. The first-order valence-electron chi connectivity index (χ1n) is 5.31. The van der Waals surface area contributed by atoms with Crippen molar-refractivity contribution in [2.45, 2.75) is 47.1 Å². The monoisotopic (exact) mass is 209 g/mol. The van der Waals surface area contributed by atoms with Gasteiger partial charge in [-0.2, -0.15) is 5.10 Å². The van der Waals surface area contributed by atoms with E-state index in [4.69, 9.17) is 0 Å². The van der Waals surface area contributed by atoms with Crippen molar-refractivity contribution < 1.29 is 4.79 Å². The standard InChI is InChI=1S/C11H19N3O/c1-5-14-10(12-8-13-14)6-9(15)7-11(2,3)4/h8H,5-7H2,1-4H3. The van der Waals surface area contributed by atoms with E-state index in [1.807, 2.05) is 6.92 Å². The van der Waals surface area contributed by atoms with Gasteiger partial charge in [0.15, 0.2) is 0 Å². The molecule has 0 amide bonds.